The summed E-state index contributed by atoms with van der Waals surface area (Å²) in [6, 6.07) is 4.05. The number of hydrogen-bond donors (Lipinski definition) is 2. The smallest absolute Gasteiger partial charge is 0.224 e. The van der Waals surface area contributed by atoms with Crippen molar-refractivity contribution in [1.29, 1.82) is 0 Å². The Balaban J connectivity index is 1.69. The number of carbonyl (C=O) groups excluding carboxylic acids is 1. The summed E-state index contributed by atoms with van der Waals surface area (Å²) < 4.78 is 35.8. The zero-order valence-electron chi connectivity index (χ0n) is 11.2. The third-order valence-corrected chi connectivity index (χ3v) is 5.45. The highest BCUT2D eigenvalue weighted by atomic mass is 32.2. The van der Waals surface area contributed by atoms with Crippen molar-refractivity contribution in [2.24, 2.45) is 0 Å². The molecular formula is C14H15FN2O3S. The van der Waals surface area contributed by atoms with E-state index in [9.17, 15) is 17.6 Å². The number of carbonyl (C=O) groups is 1. The molecule has 1 fully saturated rings. The number of amides is 1. The molecule has 0 bridgehead atoms. The van der Waals surface area contributed by atoms with Crippen LogP contribution < -0.4 is 5.32 Å². The van der Waals surface area contributed by atoms with Crippen molar-refractivity contribution < 1.29 is 17.6 Å². The number of nitrogens with one attached hydrogen (secondary N) is 2. The van der Waals surface area contributed by atoms with Crippen molar-refractivity contribution in [3.8, 4) is 0 Å². The minimum atomic E-state index is -3.01. The predicted molar refractivity (Wildman–Crippen MR) is 77.2 cm³/mol. The van der Waals surface area contributed by atoms with Gasteiger partial charge in [0.2, 0.25) is 5.91 Å². The molecule has 1 aliphatic heterocycles. The Morgan fingerprint density at radius 3 is 2.95 bits per heavy atom. The maximum Gasteiger partial charge on any atom is 0.224 e. The van der Waals surface area contributed by atoms with E-state index in [4.69, 9.17) is 0 Å². The maximum atomic E-state index is 13.1. The number of aromatic amines is 1. The molecule has 2 heterocycles. The summed E-state index contributed by atoms with van der Waals surface area (Å²) in [5.41, 5.74) is 1.41. The number of halogens is 1. The lowest BCUT2D eigenvalue weighted by atomic mass is 10.1. The number of rotatable bonds is 3. The van der Waals surface area contributed by atoms with Gasteiger partial charge in [-0.2, -0.15) is 0 Å². The van der Waals surface area contributed by atoms with Crippen molar-refractivity contribution in [2.45, 2.75) is 18.9 Å². The van der Waals surface area contributed by atoms with E-state index in [2.05, 4.69) is 10.3 Å². The number of hydrogen-bond acceptors (Lipinski definition) is 3. The summed E-state index contributed by atoms with van der Waals surface area (Å²) in [6.45, 7) is 0. The van der Waals surface area contributed by atoms with Crippen LogP contribution in [0.1, 0.15) is 12.0 Å². The first-order valence-electron chi connectivity index (χ1n) is 6.68. The standard InChI is InChI=1S/C14H15FN2O3S/c15-10-1-2-12-9(7-16-13(12)6-10)5-14(18)17-11-3-4-21(19,20)8-11/h1-2,6-7,11,16H,3-5,8H2,(H,17,18). The Kier molecular flexibility index (Phi) is 3.44. The molecule has 0 radical (unpaired) electrons. The van der Waals surface area contributed by atoms with E-state index in [-0.39, 0.29) is 35.7 Å². The molecule has 112 valence electrons. The Bertz CT molecular complexity index is 798. The van der Waals surface area contributed by atoms with Crippen molar-refractivity contribution in [3.05, 3.63) is 35.8 Å². The molecule has 7 heteroatoms. The van der Waals surface area contributed by atoms with Crippen LogP contribution in [0.5, 0.6) is 0 Å². The van der Waals surface area contributed by atoms with Crippen LogP contribution >= 0.6 is 0 Å². The van der Waals surface area contributed by atoms with E-state index in [1.807, 2.05) is 0 Å². The molecule has 0 spiro atoms. The Hall–Kier alpha value is -1.89. The SMILES string of the molecule is O=C(Cc1c[nH]c2cc(F)ccc12)NC1CCS(=O)(=O)C1. The highest BCUT2D eigenvalue weighted by Gasteiger charge is 2.28. The van der Waals surface area contributed by atoms with Crippen LogP contribution in [-0.4, -0.2) is 36.9 Å². The monoisotopic (exact) mass is 310 g/mol. The van der Waals surface area contributed by atoms with E-state index in [1.54, 1.807) is 12.3 Å². The summed E-state index contributed by atoms with van der Waals surface area (Å²) in [6.07, 6.45) is 2.28. The van der Waals surface area contributed by atoms with Crippen LogP contribution in [0.2, 0.25) is 0 Å². The number of fused-ring (bicyclic) bond motifs is 1. The van der Waals surface area contributed by atoms with Crippen LogP contribution in [0.4, 0.5) is 4.39 Å². The third kappa shape index (κ3) is 3.07. The number of sulfone groups is 1. The van der Waals surface area contributed by atoms with E-state index in [0.29, 0.717) is 11.9 Å². The summed E-state index contributed by atoms with van der Waals surface area (Å²) >= 11 is 0. The van der Waals surface area contributed by atoms with Gasteiger partial charge in [0, 0.05) is 23.1 Å². The molecule has 0 aliphatic carbocycles. The van der Waals surface area contributed by atoms with E-state index in [0.717, 1.165) is 10.9 Å². The quantitative estimate of drug-likeness (QED) is 0.892. The van der Waals surface area contributed by atoms with E-state index >= 15 is 0 Å². The van der Waals surface area contributed by atoms with Crippen molar-refractivity contribution in [3.63, 3.8) is 0 Å². The predicted octanol–water partition coefficient (Wildman–Crippen LogP) is 1.15. The molecule has 1 aromatic heterocycles. The molecule has 21 heavy (non-hydrogen) atoms. The molecule has 1 atom stereocenters. The lowest BCUT2D eigenvalue weighted by molar-refractivity contribution is -0.120. The Labute approximate surface area is 121 Å². The zero-order chi connectivity index (χ0) is 15.0. The highest BCUT2D eigenvalue weighted by Crippen LogP contribution is 2.20. The van der Waals surface area contributed by atoms with Gasteiger partial charge in [-0.15, -0.1) is 0 Å². The van der Waals surface area contributed by atoms with Gasteiger partial charge in [-0.3, -0.25) is 4.79 Å². The first kappa shape index (κ1) is 14.1. The molecule has 1 aliphatic rings. The molecule has 1 unspecified atom stereocenters. The van der Waals surface area contributed by atoms with E-state index in [1.165, 1.54) is 12.1 Å². The van der Waals surface area contributed by atoms with Gasteiger partial charge in [0.15, 0.2) is 9.84 Å². The van der Waals surface area contributed by atoms with Crippen molar-refractivity contribution in [2.75, 3.05) is 11.5 Å². The highest BCUT2D eigenvalue weighted by molar-refractivity contribution is 7.91. The molecule has 1 amide bonds. The molecular weight excluding hydrogens is 295 g/mol. The average molecular weight is 310 g/mol. The number of H-pyrrole nitrogens is 1. The molecule has 2 aromatic rings. The lowest BCUT2D eigenvalue weighted by Crippen LogP contribution is -2.36. The largest absolute Gasteiger partial charge is 0.361 e. The molecule has 0 saturated carbocycles. The van der Waals surface area contributed by atoms with Crippen LogP contribution in [-0.2, 0) is 21.1 Å². The van der Waals surface area contributed by atoms with Crippen LogP contribution in [0, 0.1) is 5.82 Å². The van der Waals surface area contributed by atoms with Gasteiger partial charge < -0.3 is 10.3 Å². The maximum absolute atomic E-state index is 13.1. The minimum absolute atomic E-state index is 0.0117. The van der Waals surface area contributed by atoms with Crippen LogP contribution in [0.25, 0.3) is 10.9 Å². The van der Waals surface area contributed by atoms with Gasteiger partial charge in [-0.25, -0.2) is 12.8 Å². The fourth-order valence-electron chi connectivity index (χ4n) is 2.67. The summed E-state index contributed by atoms with van der Waals surface area (Å²) in [5.74, 6) is -0.416. The lowest BCUT2D eigenvalue weighted by Gasteiger charge is -2.10. The van der Waals surface area contributed by atoms with Gasteiger partial charge >= 0.3 is 0 Å². The third-order valence-electron chi connectivity index (χ3n) is 3.68. The van der Waals surface area contributed by atoms with Gasteiger partial charge in [0.05, 0.1) is 17.9 Å². The first-order valence-corrected chi connectivity index (χ1v) is 8.50. The summed E-state index contributed by atoms with van der Waals surface area (Å²) in [7, 11) is -3.01. The second-order valence-corrected chi connectivity index (χ2v) is 7.58. The van der Waals surface area contributed by atoms with Gasteiger partial charge in [0.1, 0.15) is 5.82 Å². The van der Waals surface area contributed by atoms with Gasteiger partial charge in [0.25, 0.3) is 0 Å². The molecule has 3 rings (SSSR count). The Morgan fingerprint density at radius 1 is 1.43 bits per heavy atom. The van der Waals surface area contributed by atoms with Crippen molar-refractivity contribution >= 4 is 26.6 Å². The fourth-order valence-corrected chi connectivity index (χ4v) is 4.34. The van der Waals surface area contributed by atoms with Crippen molar-refractivity contribution in [1.82, 2.24) is 10.3 Å². The summed E-state index contributed by atoms with van der Waals surface area (Å²) in [5, 5.41) is 3.54. The van der Waals surface area contributed by atoms with Crippen LogP contribution in [0.3, 0.4) is 0 Å². The van der Waals surface area contributed by atoms with E-state index < -0.39 is 9.84 Å². The van der Waals surface area contributed by atoms with Gasteiger partial charge in [-0.1, -0.05) is 0 Å². The second-order valence-electron chi connectivity index (χ2n) is 5.35. The first-order chi connectivity index (χ1) is 9.93. The number of aromatic nitrogens is 1. The molecule has 1 aromatic carbocycles. The molecule has 5 nitrogen and oxygen atoms in total. The Morgan fingerprint density at radius 2 is 2.24 bits per heavy atom. The topological polar surface area (TPSA) is 79.0 Å². The zero-order valence-corrected chi connectivity index (χ0v) is 12.0. The fraction of sp³-hybridized carbons (Fsp3) is 0.357. The summed E-state index contributed by atoms with van der Waals surface area (Å²) in [4.78, 5) is 14.9. The van der Waals surface area contributed by atoms with Crippen LogP contribution in [0.15, 0.2) is 24.4 Å². The average Bonchev–Trinajstić information content (AvgIpc) is 2.93. The second kappa shape index (κ2) is 5.14. The molecule has 1 saturated heterocycles. The normalized spacial score (nSPS) is 20.7. The minimum Gasteiger partial charge on any atom is -0.361 e. The number of benzene rings is 1. The molecule has 2 N–H and O–H groups in total. The van der Waals surface area contributed by atoms with Gasteiger partial charge in [-0.05, 0) is 30.2 Å².